The van der Waals surface area contributed by atoms with Crippen molar-refractivity contribution in [3.63, 3.8) is 0 Å². The summed E-state index contributed by atoms with van der Waals surface area (Å²) in [6.45, 7) is 9.98. The van der Waals surface area contributed by atoms with Crippen molar-refractivity contribution < 1.29 is 13.9 Å². The third kappa shape index (κ3) is 5.93. The van der Waals surface area contributed by atoms with Crippen LogP contribution in [0, 0.1) is 5.82 Å². The van der Waals surface area contributed by atoms with Gasteiger partial charge in [0.1, 0.15) is 11.5 Å². The second-order valence-electron chi connectivity index (χ2n) is 8.16. The summed E-state index contributed by atoms with van der Waals surface area (Å²) in [6, 6.07) is 6.00. The van der Waals surface area contributed by atoms with E-state index in [4.69, 9.17) is 10.5 Å². The van der Waals surface area contributed by atoms with Gasteiger partial charge in [-0.15, -0.1) is 0 Å². The zero-order chi connectivity index (χ0) is 25.5. The normalized spacial score (nSPS) is 14.9. The van der Waals surface area contributed by atoms with Crippen LogP contribution < -0.4 is 16.4 Å². The summed E-state index contributed by atoms with van der Waals surface area (Å²) in [7, 11) is 0. The zero-order valence-electron chi connectivity index (χ0n) is 20.1. The molecular weight excluding hydrogens is 463 g/mol. The van der Waals surface area contributed by atoms with E-state index in [0.29, 0.717) is 59.7 Å². The number of urea groups is 1. The molecule has 3 aromatic rings. The van der Waals surface area contributed by atoms with Crippen molar-refractivity contribution in [2.75, 3.05) is 44.7 Å². The number of carbonyl (C=O) groups is 1. The largest absolute Gasteiger partial charge is 0.404 e. The molecule has 0 bridgehead atoms. The minimum Gasteiger partial charge on any atom is -0.404 e. The predicted octanol–water partition coefficient (Wildman–Crippen LogP) is 3.12. The van der Waals surface area contributed by atoms with Crippen molar-refractivity contribution in [2.24, 2.45) is 10.7 Å². The van der Waals surface area contributed by atoms with E-state index in [0.717, 1.165) is 13.1 Å². The lowest BCUT2D eigenvalue weighted by Gasteiger charge is -2.26. The van der Waals surface area contributed by atoms with Crippen molar-refractivity contribution in [3.05, 3.63) is 60.3 Å². The summed E-state index contributed by atoms with van der Waals surface area (Å²) in [5.74, 6) is -0.272. The summed E-state index contributed by atoms with van der Waals surface area (Å²) < 4.78 is 20.1. The number of allylic oxidation sites excluding steroid dienone is 1. The Morgan fingerprint density at radius 1 is 1.39 bits per heavy atom. The number of aromatic amines is 1. The van der Waals surface area contributed by atoms with Gasteiger partial charge in [0.2, 0.25) is 5.95 Å². The highest BCUT2D eigenvalue weighted by Crippen LogP contribution is 2.32. The lowest BCUT2D eigenvalue weighted by molar-refractivity contribution is 0.0422. The maximum absolute atomic E-state index is 14.7. The van der Waals surface area contributed by atoms with Crippen molar-refractivity contribution >= 4 is 34.8 Å². The first kappa shape index (κ1) is 25.0. The number of aliphatic imine (C=N–C) groups is 1. The third-order valence-electron chi connectivity index (χ3n) is 5.58. The highest BCUT2D eigenvalue weighted by Gasteiger charge is 2.17. The molecule has 188 valence electrons. The number of aromatic nitrogens is 3. The Bertz CT molecular complexity index is 1310. The molecule has 1 aliphatic heterocycles. The molecule has 1 fully saturated rings. The smallest absolute Gasteiger partial charge is 0.321 e. The zero-order valence-corrected chi connectivity index (χ0v) is 20.1. The van der Waals surface area contributed by atoms with Gasteiger partial charge < -0.3 is 20.8 Å². The molecule has 0 saturated carbocycles. The molecule has 1 saturated heterocycles. The second-order valence-corrected chi connectivity index (χ2v) is 8.16. The number of nitrogens with two attached hydrogens (primary N) is 1. The van der Waals surface area contributed by atoms with Gasteiger partial charge in [0.05, 0.1) is 24.2 Å². The van der Waals surface area contributed by atoms with Crippen LogP contribution in [0.2, 0.25) is 0 Å². The number of nitrogens with zero attached hydrogens (tertiary/aromatic N) is 4. The first-order chi connectivity index (χ1) is 17.5. The third-order valence-corrected chi connectivity index (χ3v) is 5.58. The SMILES string of the molecule is C=C(CN1CCOCC1)/N=C\C(=C/N)c1cc(-c2ncccc2F)c2[nH]c(NC(=O)NCC)nc2c1. The highest BCUT2D eigenvalue weighted by atomic mass is 19.1. The second kappa shape index (κ2) is 11.6. The molecule has 0 unspecified atom stereocenters. The Kier molecular flexibility index (Phi) is 8.03. The minimum absolute atomic E-state index is 0.141. The van der Waals surface area contributed by atoms with Gasteiger partial charge in [-0.1, -0.05) is 6.58 Å². The summed E-state index contributed by atoms with van der Waals surface area (Å²) in [5.41, 5.74) is 9.52. The Labute approximate surface area is 208 Å². The Balaban J connectivity index is 1.68. The fourth-order valence-electron chi connectivity index (χ4n) is 3.85. The number of ether oxygens (including phenoxy) is 1. The molecule has 11 heteroatoms. The fourth-order valence-corrected chi connectivity index (χ4v) is 3.85. The molecule has 1 aliphatic rings. The van der Waals surface area contributed by atoms with Crippen LogP contribution in [0.4, 0.5) is 15.1 Å². The number of carbonyl (C=O) groups excluding carboxylic acids is 1. The van der Waals surface area contributed by atoms with Gasteiger partial charge in [0.15, 0.2) is 0 Å². The lowest BCUT2D eigenvalue weighted by atomic mass is 10.0. The minimum atomic E-state index is -0.491. The number of morpholine rings is 1. The van der Waals surface area contributed by atoms with Crippen LogP contribution in [0.3, 0.4) is 0 Å². The maximum Gasteiger partial charge on any atom is 0.321 e. The summed E-state index contributed by atoms with van der Waals surface area (Å²) in [6.07, 6.45) is 4.56. The molecule has 4 rings (SSSR count). The molecule has 0 spiro atoms. The number of hydrogen-bond acceptors (Lipinski definition) is 7. The van der Waals surface area contributed by atoms with Crippen LogP contribution in [0.1, 0.15) is 12.5 Å². The molecule has 0 aliphatic carbocycles. The van der Waals surface area contributed by atoms with Crippen molar-refractivity contribution in [1.82, 2.24) is 25.2 Å². The molecule has 36 heavy (non-hydrogen) atoms. The number of amides is 2. The van der Waals surface area contributed by atoms with Gasteiger partial charge in [-0.05, 0) is 36.8 Å². The number of nitrogens with one attached hydrogen (secondary N) is 3. The van der Waals surface area contributed by atoms with Crippen molar-refractivity contribution in [1.29, 1.82) is 0 Å². The lowest BCUT2D eigenvalue weighted by Crippen LogP contribution is -2.37. The van der Waals surface area contributed by atoms with E-state index in [1.807, 2.05) is 6.92 Å². The molecule has 3 heterocycles. The molecule has 2 aromatic heterocycles. The number of fused-ring (bicyclic) bond motifs is 1. The number of halogens is 1. The maximum atomic E-state index is 14.7. The predicted molar refractivity (Wildman–Crippen MR) is 139 cm³/mol. The molecule has 1 aromatic carbocycles. The van der Waals surface area contributed by atoms with Gasteiger partial charge in [0, 0.05) is 61.6 Å². The van der Waals surface area contributed by atoms with Crippen molar-refractivity contribution in [3.8, 4) is 11.3 Å². The van der Waals surface area contributed by atoms with E-state index >= 15 is 0 Å². The van der Waals surface area contributed by atoms with E-state index in [2.05, 4.69) is 42.1 Å². The Morgan fingerprint density at radius 3 is 2.92 bits per heavy atom. The van der Waals surface area contributed by atoms with E-state index in [-0.39, 0.29) is 11.6 Å². The standard InChI is InChI=1S/C25H29FN8O2/c1-3-28-25(35)33-24-31-21-12-17(11-19(23(21)32-24)22-20(26)5-4-6-29-22)18(13-27)14-30-16(2)15-34-7-9-36-10-8-34/h4-6,11-14H,2-3,7-10,15,27H2,1H3,(H3,28,31,32,33,35)/b18-13+,30-14-. The van der Waals surface area contributed by atoms with Gasteiger partial charge in [0.25, 0.3) is 0 Å². The Hall–Kier alpha value is -4.09. The van der Waals surface area contributed by atoms with Gasteiger partial charge >= 0.3 is 6.03 Å². The molecule has 10 nitrogen and oxygen atoms in total. The average Bonchev–Trinajstić information content (AvgIpc) is 3.27. The van der Waals surface area contributed by atoms with E-state index < -0.39 is 11.8 Å². The monoisotopic (exact) mass is 492 g/mol. The van der Waals surface area contributed by atoms with Crippen LogP contribution >= 0.6 is 0 Å². The summed E-state index contributed by atoms with van der Waals surface area (Å²) >= 11 is 0. The number of H-pyrrole nitrogens is 1. The Morgan fingerprint density at radius 2 is 2.19 bits per heavy atom. The van der Waals surface area contributed by atoms with Crippen LogP contribution in [0.5, 0.6) is 0 Å². The highest BCUT2D eigenvalue weighted by molar-refractivity contribution is 6.12. The molecule has 2 amide bonds. The van der Waals surface area contributed by atoms with E-state index in [9.17, 15) is 9.18 Å². The molecular formula is C25H29FN8O2. The number of hydrogen-bond donors (Lipinski definition) is 4. The number of rotatable bonds is 8. The topological polar surface area (TPSA) is 134 Å². The first-order valence-electron chi connectivity index (χ1n) is 11.6. The quantitative estimate of drug-likeness (QED) is 0.357. The van der Waals surface area contributed by atoms with E-state index in [1.165, 1.54) is 24.5 Å². The summed E-state index contributed by atoms with van der Waals surface area (Å²) in [4.78, 5) is 30.5. The van der Waals surface area contributed by atoms with Gasteiger partial charge in [-0.3, -0.25) is 20.2 Å². The number of pyridine rings is 1. The average molecular weight is 493 g/mol. The molecule has 0 radical (unpaired) electrons. The van der Waals surface area contributed by atoms with E-state index in [1.54, 1.807) is 18.3 Å². The van der Waals surface area contributed by atoms with Gasteiger partial charge in [-0.2, -0.15) is 0 Å². The van der Waals surface area contributed by atoms with Gasteiger partial charge in [-0.25, -0.2) is 14.2 Å². The number of benzene rings is 1. The fraction of sp³-hybridized carbons (Fsp3) is 0.280. The van der Waals surface area contributed by atoms with Crippen LogP contribution in [0.15, 0.2) is 53.9 Å². The van der Waals surface area contributed by atoms with Crippen molar-refractivity contribution in [2.45, 2.75) is 6.92 Å². The van der Waals surface area contributed by atoms with Crippen LogP contribution in [-0.4, -0.2) is 71.5 Å². The van der Waals surface area contributed by atoms with Crippen LogP contribution in [0.25, 0.3) is 27.9 Å². The summed E-state index contributed by atoms with van der Waals surface area (Å²) in [5, 5.41) is 5.29. The molecule has 5 N–H and O–H groups in total. The molecule has 0 atom stereocenters. The first-order valence-corrected chi connectivity index (χ1v) is 11.6. The number of imidazole rings is 1. The van der Waals surface area contributed by atoms with Crippen LogP contribution in [-0.2, 0) is 4.74 Å². The number of anilines is 1.